The van der Waals surface area contributed by atoms with Crippen LogP contribution in [0.4, 0.5) is 5.69 Å². The first-order valence-corrected chi connectivity index (χ1v) is 4.62. The number of nitrogens with zero attached hydrogens (tertiary/aromatic N) is 1. The van der Waals surface area contributed by atoms with E-state index in [1.54, 1.807) is 0 Å². The van der Waals surface area contributed by atoms with E-state index in [1.165, 1.54) is 11.1 Å². The van der Waals surface area contributed by atoms with Gasteiger partial charge in [0.1, 0.15) is 5.84 Å². The molecule has 0 saturated heterocycles. The molecule has 0 heterocycles. The summed E-state index contributed by atoms with van der Waals surface area (Å²) in [5.74, 6) is 0.187. The van der Waals surface area contributed by atoms with Gasteiger partial charge in [0.25, 0.3) is 0 Å². The Morgan fingerprint density at radius 1 is 1.43 bits per heavy atom. The molecule has 0 saturated carbocycles. The van der Waals surface area contributed by atoms with Crippen molar-refractivity contribution < 1.29 is 0 Å². The molecule has 0 aromatic heterocycles. The van der Waals surface area contributed by atoms with Crippen LogP contribution in [-0.4, -0.2) is 19.4 Å². The Morgan fingerprint density at radius 2 is 2.07 bits per heavy atom. The summed E-state index contributed by atoms with van der Waals surface area (Å²) in [7, 11) is 1.94. The highest BCUT2D eigenvalue weighted by atomic mass is 15.1. The first-order chi connectivity index (χ1) is 6.50. The van der Waals surface area contributed by atoms with Gasteiger partial charge in [-0.3, -0.25) is 5.41 Å². The van der Waals surface area contributed by atoms with Gasteiger partial charge >= 0.3 is 0 Å². The van der Waals surface area contributed by atoms with Crippen LogP contribution in [-0.2, 0) is 0 Å². The lowest BCUT2D eigenvalue weighted by molar-refractivity contribution is 1.03. The van der Waals surface area contributed by atoms with E-state index in [9.17, 15) is 0 Å². The van der Waals surface area contributed by atoms with Gasteiger partial charge < -0.3 is 10.6 Å². The Kier molecular flexibility index (Phi) is 3.12. The van der Waals surface area contributed by atoms with Crippen molar-refractivity contribution in [1.29, 1.82) is 5.41 Å². The standard InChI is InChI=1S/C11H17N3/c1-8-4-5-10(9(2)6-8)14(3)7-11(12)13/h4-6H,7H2,1-3H3,(H3,12,13). The predicted octanol–water partition coefficient (Wildman–Crippen LogP) is 1.68. The second kappa shape index (κ2) is 4.13. The molecule has 0 spiro atoms. The van der Waals surface area contributed by atoms with Crippen LogP contribution in [0.15, 0.2) is 18.2 Å². The minimum Gasteiger partial charge on any atom is -0.386 e. The SMILES string of the molecule is Cc1ccc(N(C)CC(=N)N)c(C)c1. The van der Waals surface area contributed by atoms with E-state index in [4.69, 9.17) is 11.1 Å². The number of hydrogen-bond donors (Lipinski definition) is 2. The Hall–Kier alpha value is -1.51. The Labute approximate surface area is 85.0 Å². The zero-order valence-electron chi connectivity index (χ0n) is 8.96. The molecule has 14 heavy (non-hydrogen) atoms. The van der Waals surface area contributed by atoms with Gasteiger partial charge in [-0.25, -0.2) is 0 Å². The zero-order valence-corrected chi connectivity index (χ0v) is 8.96. The second-order valence-electron chi connectivity index (χ2n) is 3.67. The summed E-state index contributed by atoms with van der Waals surface area (Å²) in [6.07, 6.45) is 0. The number of amidine groups is 1. The van der Waals surface area contributed by atoms with Gasteiger partial charge in [0.05, 0.1) is 6.54 Å². The van der Waals surface area contributed by atoms with Crippen LogP contribution >= 0.6 is 0 Å². The predicted molar refractivity (Wildman–Crippen MR) is 61.1 cm³/mol. The van der Waals surface area contributed by atoms with Crippen LogP contribution in [0.25, 0.3) is 0 Å². The van der Waals surface area contributed by atoms with E-state index < -0.39 is 0 Å². The summed E-state index contributed by atoms with van der Waals surface area (Å²) in [6, 6.07) is 6.26. The third-order valence-corrected chi connectivity index (χ3v) is 2.17. The van der Waals surface area contributed by atoms with Gasteiger partial charge in [-0.1, -0.05) is 17.7 Å². The minimum absolute atomic E-state index is 0.187. The number of nitrogens with two attached hydrogens (primary N) is 1. The Balaban J connectivity index is 2.90. The van der Waals surface area contributed by atoms with Crippen LogP contribution in [0.5, 0.6) is 0 Å². The molecule has 0 unspecified atom stereocenters. The average Bonchev–Trinajstić information content (AvgIpc) is 2.01. The lowest BCUT2D eigenvalue weighted by atomic mass is 10.1. The topological polar surface area (TPSA) is 53.1 Å². The maximum absolute atomic E-state index is 7.22. The number of anilines is 1. The second-order valence-corrected chi connectivity index (χ2v) is 3.67. The van der Waals surface area contributed by atoms with Gasteiger partial charge in [0, 0.05) is 12.7 Å². The van der Waals surface area contributed by atoms with Crippen molar-refractivity contribution in [3.63, 3.8) is 0 Å². The van der Waals surface area contributed by atoms with E-state index in [0.29, 0.717) is 6.54 Å². The normalized spacial score (nSPS) is 9.93. The number of hydrogen-bond acceptors (Lipinski definition) is 2. The van der Waals surface area contributed by atoms with Gasteiger partial charge in [-0.2, -0.15) is 0 Å². The van der Waals surface area contributed by atoms with Crippen molar-refractivity contribution >= 4 is 11.5 Å². The van der Waals surface area contributed by atoms with E-state index >= 15 is 0 Å². The maximum Gasteiger partial charge on any atom is 0.110 e. The first kappa shape index (κ1) is 10.6. The molecule has 0 radical (unpaired) electrons. The highest BCUT2D eigenvalue weighted by molar-refractivity contribution is 5.82. The van der Waals surface area contributed by atoms with Crippen LogP contribution in [0.1, 0.15) is 11.1 Å². The third kappa shape index (κ3) is 2.49. The van der Waals surface area contributed by atoms with E-state index in [0.717, 1.165) is 5.69 Å². The Bertz CT molecular complexity index is 344. The van der Waals surface area contributed by atoms with E-state index in [-0.39, 0.29) is 5.84 Å². The summed E-state index contributed by atoms with van der Waals surface area (Å²) in [5, 5.41) is 7.22. The maximum atomic E-state index is 7.22. The molecule has 0 amide bonds. The molecule has 3 N–H and O–H groups in total. The van der Waals surface area contributed by atoms with E-state index in [2.05, 4.69) is 32.0 Å². The average molecular weight is 191 g/mol. The lowest BCUT2D eigenvalue weighted by Gasteiger charge is -2.20. The number of rotatable bonds is 3. The smallest absolute Gasteiger partial charge is 0.110 e. The molecule has 0 aliphatic carbocycles. The molecular formula is C11H17N3. The fraction of sp³-hybridized carbons (Fsp3) is 0.364. The molecule has 0 bridgehead atoms. The van der Waals surface area contributed by atoms with Crippen molar-refractivity contribution in [3.8, 4) is 0 Å². The number of aryl methyl sites for hydroxylation is 2. The molecule has 76 valence electrons. The molecule has 0 fully saturated rings. The third-order valence-electron chi connectivity index (χ3n) is 2.17. The number of nitrogens with one attached hydrogen (secondary N) is 1. The number of benzene rings is 1. The summed E-state index contributed by atoms with van der Waals surface area (Å²) >= 11 is 0. The molecule has 1 aromatic carbocycles. The summed E-state index contributed by atoms with van der Waals surface area (Å²) in [6.45, 7) is 4.62. The summed E-state index contributed by atoms with van der Waals surface area (Å²) in [4.78, 5) is 1.98. The molecule has 3 nitrogen and oxygen atoms in total. The molecule has 1 aromatic rings. The van der Waals surface area contributed by atoms with Crippen molar-refractivity contribution in [3.05, 3.63) is 29.3 Å². The zero-order chi connectivity index (χ0) is 10.7. The van der Waals surface area contributed by atoms with Crippen LogP contribution < -0.4 is 10.6 Å². The molecule has 0 aliphatic rings. The Morgan fingerprint density at radius 3 is 2.57 bits per heavy atom. The fourth-order valence-corrected chi connectivity index (χ4v) is 1.57. The lowest BCUT2D eigenvalue weighted by Crippen LogP contribution is -2.30. The fourth-order valence-electron chi connectivity index (χ4n) is 1.57. The minimum atomic E-state index is 0.187. The van der Waals surface area contributed by atoms with Gasteiger partial charge in [0.2, 0.25) is 0 Å². The summed E-state index contributed by atoms with van der Waals surface area (Å²) in [5.41, 5.74) is 8.95. The largest absolute Gasteiger partial charge is 0.386 e. The number of likely N-dealkylation sites (N-methyl/N-ethyl adjacent to an activating group) is 1. The van der Waals surface area contributed by atoms with Crippen molar-refractivity contribution in [2.24, 2.45) is 5.73 Å². The van der Waals surface area contributed by atoms with Gasteiger partial charge in [-0.05, 0) is 25.5 Å². The molecule has 3 heteroatoms. The monoisotopic (exact) mass is 191 g/mol. The highest BCUT2D eigenvalue weighted by Crippen LogP contribution is 2.19. The van der Waals surface area contributed by atoms with Gasteiger partial charge in [0.15, 0.2) is 0 Å². The van der Waals surface area contributed by atoms with E-state index in [1.807, 2.05) is 11.9 Å². The van der Waals surface area contributed by atoms with Crippen LogP contribution in [0.2, 0.25) is 0 Å². The first-order valence-electron chi connectivity index (χ1n) is 4.62. The molecular weight excluding hydrogens is 174 g/mol. The highest BCUT2D eigenvalue weighted by Gasteiger charge is 2.04. The molecule has 0 aliphatic heterocycles. The van der Waals surface area contributed by atoms with Crippen molar-refractivity contribution in [2.45, 2.75) is 13.8 Å². The van der Waals surface area contributed by atoms with Crippen molar-refractivity contribution in [1.82, 2.24) is 0 Å². The van der Waals surface area contributed by atoms with Gasteiger partial charge in [-0.15, -0.1) is 0 Å². The van der Waals surface area contributed by atoms with Crippen LogP contribution in [0, 0.1) is 19.3 Å². The van der Waals surface area contributed by atoms with Crippen LogP contribution in [0.3, 0.4) is 0 Å². The quantitative estimate of drug-likeness (QED) is 0.564. The van der Waals surface area contributed by atoms with Crippen molar-refractivity contribution in [2.75, 3.05) is 18.5 Å². The molecule has 0 atom stereocenters. The molecule has 1 rings (SSSR count). The summed E-state index contributed by atoms with van der Waals surface area (Å²) < 4.78 is 0.